The van der Waals surface area contributed by atoms with Crippen LogP contribution in [0.25, 0.3) is 0 Å². The first-order valence-corrected chi connectivity index (χ1v) is 10.8. The lowest BCUT2D eigenvalue weighted by Gasteiger charge is -2.33. The monoisotopic (exact) mass is 690 g/mol. The molecule has 26 heteroatoms. The van der Waals surface area contributed by atoms with E-state index in [1.807, 2.05) is 0 Å². The highest BCUT2D eigenvalue weighted by atomic mass is 32.2. The van der Waals surface area contributed by atoms with Gasteiger partial charge in [0.2, 0.25) is 0 Å². The number of alkyl halides is 18. The fourth-order valence-corrected chi connectivity index (χ4v) is 2.61. The zero-order valence-electron chi connectivity index (χ0n) is 19.2. The lowest BCUT2D eigenvalue weighted by Crippen LogP contribution is -2.61. The van der Waals surface area contributed by atoms with Gasteiger partial charge >= 0.3 is 71.2 Å². The fraction of sp³-hybridized carbons (Fsp3) is 0.875. The normalized spacial score (nSPS) is 16.2. The van der Waals surface area contributed by atoms with E-state index in [0.717, 1.165) is 0 Å². The molecule has 2 unspecified atom stereocenters. The van der Waals surface area contributed by atoms with Gasteiger partial charge in [-0.25, -0.2) is 4.79 Å². The van der Waals surface area contributed by atoms with Crippen molar-refractivity contribution in [3.63, 3.8) is 0 Å². The van der Waals surface area contributed by atoms with Crippen LogP contribution in [0.5, 0.6) is 0 Å². The Morgan fingerprint density at radius 1 is 0.595 bits per heavy atom. The molecule has 0 aromatic heterocycles. The number of carbonyl (C=O) groups excluding carboxylic acids is 2. The smallest absolute Gasteiger partial charge is 0.460 e. The van der Waals surface area contributed by atoms with Crippen LogP contribution >= 0.6 is 0 Å². The lowest BCUT2D eigenvalue weighted by molar-refractivity contribution is -0.397. The van der Waals surface area contributed by atoms with Gasteiger partial charge < -0.3 is 9.47 Å². The molecule has 0 aromatic carbocycles. The molecule has 0 radical (unpaired) electrons. The van der Waals surface area contributed by atoms with Crippen LogP contribution in [0.15, 0.2) is 0 Å². The predicted molar refractivity (Wildman–Crippen MR) is 93.2 cm³/mol. The molecule has 0 rings (SSSR count). The molecule has 0 heterocycles. The molecule has 0 aliphatic rings. The Hall–Kier alpha value is -2.25. The zero-order valence-corrected chi connectivity index (χ0v) is 20.0. The molecule has 7 nitrogen and oxygen atoms in total. The minimum absolute atomic E-state index is 1.87. The van der Waals surface area contributed by atoms with Gasteiger partial charge in [0, 0.05) is 0 Å². The van der Waals surface area contributed by atoms with Gasteiger partial charge in [0.15, 0.2) is 6.10 Å². The van der Waals surface area contributed by atoms with Crippen molar-refractivity contribution in [1.82, 2.24) is 0 Å². The van der Waals surface area contributed by atoms with E-state index in [4.69, 9.17) is 4.55 Å². The molecule has 250 valence electrons. The first-order chi connectivity index (χ1) is 18.3. The van der Waals surface area contributed by atoms with Gasteiger partial charge in [-0.1, -0.05) is 0 Å². The largest absolute Gasteiger partial charge is 0.465 e. The third-order valence-corrected chi connectivity index (χ3v) is 4.97. The molecule has 0 saturated heterocycles. The molecule has 42 heavy (non-hydrogen) atoms. The Kier molecular flexibility index (Phi) is 12.1. The van der Waals surface area contributed by atoms with E-state index in [2.05, 4.69) is 13.7 Å². The Morgan fingerprint density at radius 2 is 0.929 bits per heavy atom. The van der Waals surface area contributed by atoms with Gasteiger partial charge in [0.25, 0.3) is 0 Å². The molecule has 0 aromatic rings. The topological polar surface area (TPSA) is 99.1 Å². The van der Waals surface area contributed by atoms with E-state index in [1.54, 1.807) is 0 Å². The lowest BCUT2D eigenvalue weighted by atomic mass is 10.0. The molecular formula is C16H12F18O7S. The molecule has 0 aliphatic heterocycles. The van der Waals surface area contributed by atoms with E-state index in [1.165, 1.54) is 0 Å². The molecular weight excluding hydrogens is 678 g/mol. The highest BCUT2D eigenvalue weighted by Crippen LogP contribution is 2.55. The molecule has 0 saturated carbocycles. The summed E-state index contributed by atoms with van der Waals surface area (Å²) in [4.78, 5) is 23.2. The molecule has 0 aliphatic carbocycles. The Bertz CT molecular complexity index is 978. The van der Waals surface area contributed by atoms with Crippen LogP contribution in [0.2, 0.25) is 0 Å². The third-order valence-electron chi connectivity index (χ3n) is 4.57. The van der Waals surface area contributed by atoms with Crippen molar-refractivity contribution in [2.75, 3.05) is 13.2 Å². The summed E-state index contributed by atoms with van der Waals surface area (Å²) >= 11 is -3.65. The SMILES string of the molecule is O=C(CC(OS(=O)O)C(=O)OCCC(F)(F)C(F)(F)C(F)(F)C(F)(F)F)OCCC(F)(F)C(F)(F)C(F)(F)C(F)(F)F. The minimum Gasteiger partial charge on any atom is -0.465 e. The van der Waals surface area contributed by atoms with Crippen molar-refractivity contribution in [3.8, 4) is 0 Å². The second kappa shape index (κ2) is 12.8. The van der Waals surface area contributed by atoms with Crippen LogP contribution in [-0.4, -0.2) is 87.9 Å². The molecule has 2 atom stereocenters. The van der Waals surface area contributed by atoms with Crippen LogP contribution in [-0.2, 0) is 34.6 Å². The summed E-state index contributed by atoms with van der Waals surface area (Å²) in [5.41, 5.74) is 0. The van der Waals surface area contributed by atoms with Crippen molar-refractivity contribution < 1.29 is 111 Å². The summed E-state index contributed by atoms with van der Waals surface area (Å²) in [5.74, 6) is -45.9. The first kappa shape index (κ1) is 39.8. The Labute approximate surface area is 221 Å². The Morgan fingerprint density at radius 3 is 1.24 bits per heavy atom. The van der Waals surface area contributed by atoms with Gasteiger partial charge in [-0.05, 0) is 0 Å². The van der Waals surface area contributed by atoms with Crippen molar-refractivity contribution >= 4 is 23.3 Å². The van der Waals surface area contributed by atoms with E-state index < -0.39 is 110 Å². The second-order valence-electron chi connectivity index (χ2n) is 7.60. The van der Waals surface area contributed by atoms with Crippen LogP contribution in [0.3, 0.4) is 0 Å². The van der Waals surface area contributed by atoms with E-state index in [9.17, 15) is 92.8 Å². The summed E-state index contributed by atoms with van der Waals surface area (Å²) in [5, 5.41) is 0. The molecule has 0 amide bonds. The van der Waals surface area contributed by atoms with Gasteiger partial charge in [-0.3, -0.25) is 13.5 Å². The van der Waals surface area contributed by atoms with Gasteiger partial charge in [-0.2, -0.15) is 83.2 Å². The van der Waals surface area contributed by atoms with E-state index >= 15 is 0 Å². The number of ether oxygens (including phenoxy) is 2. The number of hydrogen-bond acceptors (Lipinski definition) is 6. The van der Waals surface area contributed by atoms with Crippen molar-refractivity contribution in [1.29, 1.82) is 0 Å². The average Bonchev–Trinajstić information content (AvgIpc) is 2.75. The summed E-state index contributed by atoms with van der Waals surface area (Å²) < 4.78 is 260. The van der Waals surface area contributed by atoms with Crippen LogP contribution in [0.1, 0.15) is 19.3 Å². The summed E-state index contributed by atoms with van der Waals surface area (Å²) in [6, 6.07) is 0. The highest BCUT2D eigenvalue weighted by Gasteiger charge is 2.82. The molecule has 0 spiro atoms. The third kappa shape index (κ3) is 8.43. The quantitative estimate of drug-likeness (QED) is 0.134. The molecule has 1 N–H and O–H groups in total. The maximum atomic E-state index is 13.4. The average molecular weight is 690 g/mol. The summed E-state index contributed by atoms with van der Waals surface area (Å²) in [6.07, 6.45) is -24.7. The maximum Gasteiger partial charge on any atom is 0.460 e. The molecule has 0 fully saturated rings. The van der Waals surface area contributed by atoms with Crippen LogP contribution in [0.4, 0.5) is 79.0 Å². The van der Waals surface area contributed by atoms with Crippen molar-refractivity contribution in [2.45, 2.75) is 73.3 Å². The maximum absolute atomic E-state index is 13.4. The van der Waals surface area contributed by atoms with Crippen LogP contribution < -0.4 is 0 Å². The summed E-state index contributed by atoms with van der Waals surface area (Å²) in [7, 11) is 0. The number of rotatable bonds is 15. The van der Waals surface area contributed by atoms with Gasteiger partial charge in [-0.15, -0.1) is 0 Å². The fourth-order valence-electron chi connectivity index (χ4n) is 2.26. The number of halogens is 18. The standard InChI is InChI=1S/C16H12F18O7S/c17-9(18,11(21,22)13(25,26)15(29,30)31)1-3-39-7(35)5-6(41-42(37)38)8(36)40-4-2-10(19,20)12(23,24)14(27,28)16(32,33)34/h6H,1-5H2,(H,37,38). The first-order valence-electron chi connectivity index (χ1n) is 9.80. The molecule has 0 bridgehead atoms. The number of carbonyl (C=O) groups is 2. The highest BCUT2D eigenvalue weighted by molar-refractivity contribution is 7.74. The predicted octanol–water partition coefficient (Wildman–Crippen LogP) is 5.70. The minimum atomic E-state index is -7.32. The summed E-state index contributed by atoms with van der Waals surface area (Å²) in [6.45, 7) is -4.30. The van der Waals surface area contributed by atoms with Gasteiger partial charge in [0.1, 0.15) is 0 Å². The number of hydrogen-bond donors (Lipinski definition) is 1. The Balaban J connectivity index is 5.36. The van der Waals surface area contributed by atoms with E-state index in [-0.39, 0.29) is 0 Å². The van der Waals surface area contributed by atoms with Crippen molar-refractivity contribution in [2.24, 2.45) is 0 Å². The van der Waals surface area contributed by atoms with Crippen molar-refractivity contribution in [3.05, 3.63) is 0 Å². The van der Waals surface area contributed by atoms with Gasteiger partial charge in [0.05, 0.1) is 32.5 Å². The number of esters is 2. The van der Waals surface area contributed by atoms with Crippen LogP contribution in [0, 0.1) is 0 Å². The zero-order chi connectivity index (χ0) is 34.0. The van der Waals surface area contributed by atoms with E-state index in [0.29, 0.717) is 0 Å². The second-order valence-corrected chi connectivity index (χ2v) is 8.22.